The molecule has 2 nitrogen and oxygen atoms in total. The summed E-state index contributed by atoms with van der Waals surface area (Å²) < 4.78 is 17.9. The lowest BCUT2D eigenvalue weighted by Gasteiger charge is -2.08. The van der Waals surface area contributed by atoms with Crippen LogP contribution in [0.2, 0.25) is 0 Å². The van der Waals surface area contributed by atoms with E-state index in [0.29, 0.717) is 0 Å². The van der Waals surface area contributed by atoms with Gasteiger partial charge in [0.15, 0.2) is 11.6 Å². The molecule has 0 atom stereocenters. The molecular weight excluding hydrogens is 181 g/mol. The number of hydrogen-bond acceptors (Lipinski definition) is 2. The average molecular weight is 191 g/mol. The van der Waals surface area contributed by atoms with Gasteiger partial charge in [0, 0.05) is 0 Å². The molecule has 2 rings (SSSR count). The average Bonchev–Trinajstić information content (AvgIpc) is 2.99. The van der Waals surface area contributed by atoms with Crippen LogP contribution in [-0.2, 0) is 5.41 Å². The molecule has 1 aromatic rings. The summed E-state index contributed by atoms with van der Waals surface area (Å²) in [6.07, 6.45) is 1.72. The number of rotatable bonds is 2. The molecule has 0 saturated heterocycles. The molecule has 0 radical (unpaired) electrons. The summed E-state index contributed by atoms with van der Waals surface area (Å²) in [4.78, 5) is 0. The highest BCUT2D eigenvalue weighted by molar-refractivity contribution is 5.43. The van der Waals surface area contributed by atoms with E-state index in [1.807, 2.05) is 0 Å². The van der Waals surface area contributed by atoms with Crippen LogP contribution in [0.15, 0.2) is 18.2 Å². The third kappa shape index (κ3) is 1.24. The fraction of sp³-hybridized carbons (Fsp3) is 0.364. The van der Waals surface area contributed by atoms with Gasteiger partial charge in [-0.1, -0.05) is 6.07 Å². The molecule has 0 spiro atoms. The van der Waals surface area contributed by atoms with Gasteiger partial charge in [-0.25, -0.2) is 4.39 Å². The van der Waals surface area contributed by atoms with Crippen LogP contribution in [0, 0.1) is 17.1 Å². The Kier molecular flexibility index (Phi) is 1.92. The first-order valence-corrected chi connectivity index (χ1v) is 4.47. The summed E-state index contributed by atoms with van der Waals surface area (Å²) >= 11 is 0. The second-order valence-corrected chi connectivity index (χ2v) is 3.54. The first kappa shape index (κ1) is 9.01. The van der Waals surface area contributed by atoms with Crippen molar-refractivity contribution in [2.24, 2.45) is 0 Å². The Balaban J connectivity index is 2.42. The van der Waals surface area contributed by atoms with Crippen molar-refractivity contribution in [1.82, 2.24) is 0 Å². The maximum atomic E-state index is 13.1. The number of nitrogens with zero attached hydrogens (tertiary/aromatic N) is 1. The smallest absolute Gasteiger partial charge is 0.165 e. The van der Waals surface area contributed by atoms with Crippen molar-refractivity contribution in [2.75, 3.05) is 7.11 Å². The lowest BCUT2D eigenvalue weighted by molar-refractivity contribution is 0.385. The molecule has 0 aliphatic heterocycles. The summed E-state index contributed by atoms with van der Waals surface area (Å²) in [5, 5.41) is 8.96. The van der Waals surface area contributed by atoms with Crippen LogP contribution >= 0.6 is 0 Å². The summed E-state index contributed by atoms with van der Waals surface area (Å²) in [7, 11) is 1.42. The van der Waals surface area contributed by atoms with Crippen molar-refractivity contribution in [1.29, 1.82) is 5.26 Å². The van der Waals surface area contributed by atoms with Crippen LogP contribution in [0.25, 0.3) is 0 Å². The molecule has 1 aliphatic rings. The van der Waals surface area contributed by atoms with Crippen molar-refractivity contribution >= 4 is 0 Å². The highest BCUT2D eigenvalue weighted by atomic mass is 19.1. The predicted molar refractivity (Wildman–Crippen MR) is 49.5 cm³/mol. The van der Waals surface area contributed by atoms with Gasteiger partial charge in [-0.2, -0.15) is 5.26 Å². The fourth-order valence-electron chi connectivity index (χ4n) is 1.55. The number of nitriles is 1. The molecule has 0 bridgehead atoms. The standard InChI is InChI=1S/C11H10FNO/c1-14-10-6-8(2-3-9(10)12)11(7-13)4-5-11/h2-3,6H,4-5H2,1H3. The quantitative estimate of drug-likeness (QED) is 0.719. The topological polar surface area (TPSA) is 33.0 Å². The monoisotopic (exact) mass is 191 g/mol. The van der Waals surface area contributed by atoms with Crippen LogP contribution in [0.3, 0.4) is 0 Å². The Labute approximate surface area is 81.9 Å². The van der Waals surface area contributed by atoms with Gasteiger partial charge >= 0.3 is 0 Å². The van der Waals surface area contributed by atoms with Gasteiger partial charge < -0.3 is 4.74 Å². The number of hydrogen-bond donors (Lipinski definition) is 0. The van der Waals surface area contributed by atoms with Crippen molar-refractivity contribution in [3.63, 3.8) is 0 Å². The minimum atomic E-state index is -0.384. The van der Waals surface area contributed by atoms with Gasteiger partial charge in [-0.3, -0.25) is 0 Å². The first-order chi connectivity index (χ1) is 6.72. The molecule has 0 unspecified atom stereocenters. The molecule has 0 amide bonds. The number of benzene rings is 1. The van der Waals surface area contributed by atoms with Gasteiger partial charge in [-0.05, 0) is 30.5 Å². The zero-order valence-electron chi connectivity index (χ0n) is 7.88. The minimum Gasteiger partial charge on any atom is -0.494 e. The zero-order valence-corrected chi connectivity index (χ0v) is 7.88. The summed E-state index contributed by atoms with van der Waals surface area (Å²) in [5.74, 6) is -0.172. The zero-order chi connectivity index (χ0) is 10.2. The van der Waals surface area contributed by atoms with Crippen LogP contribution in [-0.4, -0.2) is 7.11 Å². The highest BCUT2D eigenvalue weighted by Crippen LogP contribution is 2.48. The van der Waals surface area contributed by atoms with Crippen LogP contribution in [0.1, 0.15) is 18.4 Å². The Morgan fingerprint density at radius 3 is 2.71 bits per heavy atom. The second-order valence-electron chi connectivity index (χ2n) is 3.54. The Morgan fingerprint density at radius 2 is 2.21 bits per heavy atom. The van der Waals surface area contributed by atoms with E-state index in [4.69, 9.17) is 10.00 Å². The fourth-order valence-corrected chi connectivity index (χ4v) is 1.55. The number of ether oxygens (including phenoxy) is 1. The first-order valence-electron chi connectivity index (χ1n) is 4.47. The Morgan fingerprint density at radius 1 is 1.50 bits per heavy atom. The SMILES string of the molecule is COc1cc(C2(C#N)CC2)ccc1F. The third-order valence-corrected chi connectivity index (χ3v) is 2.67. The summed E-state index contributed by atoms with van der Waals surface area (Å²) in [6, 6.07) is 6.89. The van der Waals surface area contributed by atoms with Crippen LogP contribution in [0.4, 0.5) is 4.39 Å². The normalized spacial score (nSPS) is 17.2. The molecule has 1 aliphatic carbocycles. The van der Waals surface area contributed by atoms with Crippen LogP contribution in [0.5, 0.6) is 5.75 Å². The molecule has 0 aromatic heterocycles. The van der Waals surface area contributed by atoms with Crippen LogP contribution < -0.4 is 4.74 Å². The van der Waals surface area contributed by atoms with E-state index in [2.05, 4.69) is 6.07 Å². The molecule has 1 fully saturated rings. The molecule has 0 N–H and O–H groups in total. The molecule has 14 heavy (non-hydrogen) atoms. The lowest BCUT2D eigenvalue weighted by atomic mass is 9.97. The molecular formula is C11H10FNO. The van der Waals surface area contributed by atoms with Crippen molar-refractivity contribution in [3.05, 3.63) is 29.6 Å². The second kappa shape index (κ2) is 2.98. The summed E-state index contributed by atoms with van der Waals surface area (Å²) in [5.41, 5.74) is 0.485. The molecule has 0 heterocycles. The maximum absolute atomic E-state index is 13.1. The van der Waals surface area contributed by atoms with Gasteiger partial charge in [0.1, 0.15) is 0 Å². The summed E-state index contributed by atoms with van der Waals surface area (Å²) in [6.45, 7) is 0. The van der Waals surface area contributed by atoms with Gasteiger partial charge in [0.2, 0.25) is 0 Å². The third-order valence-electron chi connectivity index (χ3n) is 2.67. The highest BCUT2D eigenvalue weighted by Gasteiger charge is 2.45. The Bertz CT molecular complexity index is 404. The van der Waals surface area contributed by atoms with E-state index in [1.54, 1.807) is 12.1 Å². The maximum Gasteiger partial charge on any atom is 0.165 e. The van der Waals surface area contributed by atoms with E-state index >= 15 is 0 Å². The van der Waals surface area contributed by atoms with Gasteiger partial charge in [-0.15, -0.1) is 0 Å². The molecule has 1 aromatic carbocycles. The van der Waals surface area contributed by atoms with Gasteiger partial charge in [0.05, 0.1) is 18.6 Å². The van der Waals surface area contributed by atoms with E-state index in [1.165, 1.54) is 13.2 Å². The molecule has 1 saturated carbocycles. The molecule has 3 heteroatoms. The number of methoxy groups -OCH3 is 1. The number of halogens is 1. The van der Waals surface area contributed by atoms with Crippen molar-refractivity contribution < 1.29 is 9.13 Å². The molecule has 72 valence electrons. The van der Waals surface area contributed by atoms with Crippen molar-refractivity contribution in [2.45, 2.75) is 18.3 Å². The van der Waals surface area contributed by atoms with E-state index in [-0.39, 0.29) is 17.0 Å². The van der Waals surface area contributed by atoms with E-state index in [9.17, 15) is 4.39 Å². The predicted octanol–water partition coefficient (Wildman–Crippen LogP) is 2.39. The minimum absolute atomic E-state index is 0.212. The van der Waals surface area contributed by atoms with Crippen molar-refractivity contribution in [3.8, 4) is 11.8 Å². The largest absolute Gasteiger partial charge is 0.494 e. The van der Waals surface area contributed by atoms with E-state index < -0.39 is 0 Å². The van der Waals surface area contributed by atoms with Gasteiger partial charge in [0.25, 0.3) is 0 Å². The van der Waals surface area contributed by atoms with E-state index in [0.717, 1.165) is 18.4 Å². The Hall–Kier alpha value is -1.56. The lowest BCUT2D eigenvalue weighted by Crippen LogP contribution is -2.03.